The van der Waals surface area contributed by atoms with E-state index in [-0.39, 0.29) is 11.4 Å². The molecule has 114 valence electrons. The monoisotopic (exact) mass is 330 g/mol. The van der Waals surface area contributed by atoms with Gasteiger partial charge in [0.1, 0.15) is 22.4 Å². The molecule has 5 nitrogen and oxygen atoms in total. The minimum Gasteiger partial charge on any atom is -0.465 e. The summed E-state index contributed by atoms with van der Waals surface area (Å²) in [5.74, 6) is -0.286. The average Bonchev–Trinajstić information content (AvgIpc) is 3.23. The Morgan fingerprint density at radius 1 is 1.13 bits per heavy atom. The van der Waals surface area contributed by atoms with Gasteiger partial charge in [0.05, 0.1) is 11.8 Å². The van der Waals surface area contributed by atoms with E-state index in [0.717, 1.165) is 18.2 Å². The van der Waals surface area contributed by atoms with E-state index in [1.807, 2.05) is 6.07 Å². The van der Waals surface area contributed by atoms with Crippen LogP contribution in [0, 0.1) is 11.6 Å². The fourth-order valence-corrected chi connectivity index (χ4v) is 2.82. The predicted octanol–water partition coefficient (Wildman–Crippen LogP) is 3.89. The molecule has 0 saturated heterocycles. The van der Waals surface area contributed by atoms with Gasteiger partial charge in [-0.25, -0.2) is 8.78 Å². The molecule has 4 aromatic rings. The zero-order chi connectivity index (χ0) is 15.8. The number of halogens is 2. The number of rotatable bonds is 3. The van der Waals surface area contributed by atoms with Crippen molar-refractivity contribution in [3.63, 3.8) is 0 Å². The first-order chi connectivity index (χ1) is 11.2. The molecule has 0 spiro atoms. The van der Waals surface area contributed by atoms with Crippen LogP contribution in [0.2, 0.25) is 0 Å². The first kappa shape index (κ1) is 13.8. The fourth-order valence-electron chi connectivity index (χ4n) is 2.08. The molecule has 0 aliphatic rings. The second-order valence-electron chi connectivity index (χ2n) is 4.63. The van der Waals surface area contributed by atoms with Crippen molar-refractivity contribution in [3.8, 4) is 11.4 Å². The molecule has 0 radical (unpaired) electrons. The summed E-state index contributed by atoms with van der Waals surface area (Å²) in [6.07, 6.45) is 5.08. The van der Waals surface area contributed by atoms with Gasteiger partial charge in [0.2, 0.25) is 4.96 Å². The van der Waals surface area contributed by atoms with Crippen molar-refractivity contribution in [2.75, 3.05) is 0 Å². The maximum Gasteiger partial charge on any atom is 0.235 e. The second-order valence-corrected chi connectivity index (χ2v) is 5.62. The highest BCUT2D eigenvalue weighted by molar-refractivity contribution is 7.17. The Hall–Kier alpha value is -2.87. The molecular formula is C15H8F2N4OS. The van der Waals surface area contributed by atoms with E-state index < -0.39 is 11.6 Å². The zero-order valence-electron chi connectivity index (χ0n) is 11.5. The third-order valence-electron chi connectivity index (χ3n) is 3.11. The van der Waals surface area contributed by atoms with Crippen molar-refractivity contribution < 1.29 is 13.2 Å². The lowest BCUT2D eigenvalue weighted by atomic mass is 10.2. The van der Waals surface area contributed by atoms with Crippen LogP contribution in [0.15, 0.2) is 41.0 Å². The van der Waals surface area contributed by atoms with Crippen molar-refractivity contribution in [3.05, 3.63) is 59.0 Å². The maximum absolute atomic E-state index is 13.9. The van der Waals surface area contributed by atoms with Crippen LogP contribution in [-0.2, 0) is 0 Å². The summed E-state index contributed by atoms with van der Waals surface area (Å²) in [7, 11) is 0. The van der Waals surface area contributed by atoms with Crippen LogP contribution in [0.1, 0.15) is 10.8 Å². The SMILES string of the molecule is Fc1ccc(F)c(-c2nnc3sc(C=Cc4ccco4)nn23)c1. The lowest BCUT2D eigenvalue weighted by Crippen LogP contribution is -1.94. The number of hydrogen-bond acceptors (Lipinski definition) is 5. The van der Waals surface area contributed by atoms with Crippen LogP contribution in [0.5, 0.6) is 0 Å². The largest absolute Gasteiger partial charge is 0.465 e. The van der Waals surface area contributed by atoms with Crippen LogP contribution < -0.4 is 0 Å². The summed E-state index contributed by atoms with van der Waals surface area (Å²) in [4.78, 5) is 0.489. The fraction of sp³-hybridized carbons (Fsp3) is 0. The summed E-state index contributed by atoms with van der Waals surface area (Å²) >= 11 is 1.28. The quantitative estimate of drug-likeness (QED) is 0.572. The van der Waals surface area contributed by atoms with E-state index >= 15 is 0 Å². The van der Waals surface area contributed by atoms with Crippen LogP contribution in [0.4, 0.5) is 8.78 Å². The van der Waals surface area contributed by atoms with Crippen LogP contribution >= 0.6 is 11.3 Å². The molecule has 0 amide bonds. The molecule has 1 aromatic carbocycles. The molecule has 23 heavy (non-hydrogen) atoms. The highest BCUT2D eigenvalue weighted by Crippen LogP contribution is 2.25. The Bertz CT molecular complexity index is 1000. The first-order valence-electron chi connectivity index (χ1n) is 6.60. The van der Waals surface area contributed by atoms with E-state index in [1.54, 1.807) is 24.5 Å². The molecule has 0 N–H and O–H groups in total. The van der Waals surface area contributed by atoms with Gasteiger partial charge in [-0.15, -0.1) is 10.2 Å². The molecule has 0 atom stereocenters. The van der Waals surface area contributed by atoms with E-state index in [2.05, 4.69) is 15.3 Å². The Balaban J connectivity index is 1.76. The van der Waals surface area contributed by atoms with Gasteiger partial charge in [-0.2, -0.15) is 9.61 Å². The predicted molar refractivity (Wildman–Crippen MR) is 81.6 cm³/mol. The van der Waals surface area contributed by atoms with E-state index in [1.165, 1.54) is 15.9 Å². The Labute approximate surface area is 132 Å². The van der Waals surface area contributed by atoms with Gasteiger partial charge in [0.25, 0.3) is 0 Å². The number of furan rings is 1. The molecule has 0 unspecified atom stereocenters. The van der Waals surface area contributed by atoms with Crippen LogP contribution in [0.25, 0.3) is 28.5 Å². The van der Waals surface area contributed by atoms with Crippen molar-refractivity contribution in [2.24, 2.45) is 0 Å². The van der Waals surface area contributed by atoms with Crippen molar-refractivity contribution >= 4 is 28.4 Å². The summed E-state index contributed by atoms with van der Waals surface area (Å²) < 4.78 is 33.9. The van der Waals surface area contributed by atoms with Gasteiger partial charge in [-0.05, 0) is 42.5 Å². The summed E-state index contributed by atoms with van der Waals surface area (Å²) in [6.45, 7) is 0. The molecule has 0 fully saturated rings. The Morgan fingerprint density at radius 3 is 2.87 bits per heavy atom. The number of hydrogen-bond donors (Lipinski definition) is 0. The lowest BCUT2D eigenvalue weighted by molar-refractivity contribution is 0.557. The normalized spacial score (nSPS) is 11.7. The first-order valence-corrected chi connectivity index (χ1v) is 7.41. The molecule has 0 aliphatic heterocycles. The minimum atomic E-state index is -0.582. The minimum absolute atomic E-state index is 0.0179. The number of aromatic nitrogens is 4. The number of nitrogens with zero attached hydrogens (tertiary/aromatic N) is 4. The molecular weight excluding hydrogens is 322 g/mol. The molecule has 3 aromatic heterocycles. The zero-order valence-corrected chi connectivity index (χ0v) is 12.3. The summed E-state index contributed by atoms with van der Waals surface area (Å²) in [5.41, 5.74) is 0.0179. The summed E-state index contributed by atoms with van der Waals surface area (Å²) in [6, 6.07) is 6.77. The molecule has 8 heteroatoms. The average molecular weight is 330 g/mol. The number of benzene rings is 1. The Kier molecular flexibility index (Phi) is 3.23. The van der Waals surface area contributed by atoms with E-state index in [9.17, 15) is 8.78 Å². The van der Waals surface area contributed by atoms with Gasteiger partial charge < -0.3 is 4.42 Å². The van der Waals surface area contributed by atoms with E-state index in [0.29, 0.717) is 15.7 Å². The van der Waals surface area contributed by atoms with Gasteiger partial charge in [0.15, 0.2) is 5.82 Å². The highest BCUT2D eigenvalue weighted by Gasteiger charge is 2.16. The summed E-state index contributed by atoms with van der Waals surface area (Å²) in [5, 5.41) is 12.8. The van der Waals surface area contributed by atoms with Gasteiger partial charge in [-0.1, -0.05) is 11.3 Å². The molecule has 0 aliphatic carbocycles. The molecule has 3 heterocycles. The molecule has 4 rings (SSSR count). The van der Waals surface area contributed by atoms with Gasteiger partial charge >= 0.3 is 0 Å². The topological polar surface area (TPSA) is 56.2 Å². The second kappa shape index (κ2) is 5.40. The smallest absolute Gasteiger partial charge is 0.235 e. The van der Waals surface area contributed by atoms with E-state index in [4.69, 9.17) is 4.42 Å². The number of fused-ring (bicyclic) bond motifs is 1. The van der Waals surface area contributed by atoms with Crippen LogP contribution in [0.3, 0.4) is 0 Å². The van der Waals surface area contributed by atoms with Crippen molar-refractivity contribution in [1.82, 2.24) is 19.8 Å². The molecule has 0 bridgehead atoms. The third kappa shape index (κ3) is 2.53. The van der Waals surface area contributed by atoms with Crippen molar-refractivity contribution in [2.45, 2.75) is 0 Å². The lowest BCUT2D eigenvalue weighted by Gasteiger charge is -1.99. The van der Waals surface area contributed by atoms with Gasteiger partial charge in [0, 0.05) is 0 Å². The van der Waals surface area contributed by atoms with Crippen molar-refractivity contribution in [1.29, 1.82) is 0 Å². The standard InChI is InChI=1S/C15H8F2N4OS/c16-9-3-5-12(17)11(8-9)14-18-19-15-21(14)20-13(23-15)6-4-10-2-1-7-22-10/h1-8H. The highest BCUT2D eigenvalue weighted by atomic mass is 32.1. The van der Waals surface area contributed by atoms with Gasteiger partial charge in [-0.3, -0.25) is 0 Å². The Morgan fingerprint density at radius 2 is 2.04 bits per heavy atom. The maximum atomic E-state index is 13.9. The third-order valence-corrected chi connectivity index (χ3v) is 3.97. The van der Waals surface area contributed by atoms with Crippen LogP contribution in [-0.4, -0.2) is 19.8 Å². The molecule has 0 saturated carbocycles.